The number of amides is 2. The van der Waals surface area contributed by atoms with Gasteiger partial charge in [-0.25, -0.2) is 0 Å². The molecule has 2 amide bonds. The van der Waals surface area contributed by atoms with Gasteiger partial charge in [0.05, 0.1) is 24.8 Å². The summed E-state index contributed by atoms with van der Waals surface area (Å²) in [7, 11) is 1.44. The molecule has 0 radical (unpaired) electrons. The minimum absolute atomic E-state index is 0.0224. The second kappa shape index (κ2) is 9.95. The van der Waals surface area contributed by atoms with E-state index in [1.54, 1.807) is 24.3 Å². The average molecular weight is 464 g/mol. The topological polar surface area (TPSA) is 77.1 Å². The Balaban J connectivity index is 1.97. The van der Waals surface area contributed by atoms with Gasteiger partial charge in [0, 0.05) is 18.9 Å². The molecule has 2 aromatic rings. The van der Waals surface area contributed by atoms with Gasteiger partial charge in [0.2, 0.25) is 0 Å². The molecule has 0 aromatic heterocycles. The first kappa shape index (κ1) is 24.1. The van der Waals surface area contributed by atoms with E-state index in [4.69, 9.17) is 9.47 Å². The third-order valence-corrected chi connectivity index (χ3v) is 4.54. The molecule has 0 spiro atoms. The Kier molecular flexibility index (Phi) is 7.27. The van der Waals surface area contributed by atoms with Crippen LogP contribution < -0.4 is 14.8 Å². The first-order valence-corrected chi connectivity index (χ1v) is 10.1. The van der Waals surface area contributed by atoms with Crippen LogP contribution in [0.15, 0.2) is 54.2 Å². The second-order valence-electron chi connectivity index (χ2n) is 7.40. The van der Waals surface area contributed by atoms with Gasteiger partial charge in [-0.1, -0.05) is 18.2 Å². The van der Waals surface area contributed by atoms with E-state index >= 15 is 0 Å². The van der Waals surface area contributed by atoms with Crippen LogP contribution in [-0.4, -0.2) is 49.4 Å². The quantitative estimate of drug-likeness (QED) is 0.561. The molecule has 0 fully saturated rings. The zero-order valence-electron chi connectivity index (χ0n) is 18.2. The number of alkyl halides is 3. The van der Waals surface area contributed by atoms with Crippen molar-refractivity contribution in [3.05, 3.63) is 59.8 Å². The predicted octanol–water partition coefficient (Wildman–Crippen LogP) is 4.21. The van der Waals surface area contributed by atoms with Crippen molar-refractivity contribution >= 4 is 23.1 Å². The maximum Gasteiger partial charge on any atom is 0.573 e. The highest BCUT2D eigenvalue weighted by Crippen LogP contribution is 2.33. The minimum Gasteiger partial charge on any atom is -0.491 e. The number of hydrogen-bond acceptors (Lipinski definition) is 6. The summed E-state index contributed by atoms with van der Waals surface area (Å²) in [5, 5.41) is 2.80. The molecule has 1 aliphatic rings. The lowest BCUT2D eigenvalue weighted by Crippen LogP contribution is -2.35. The first-order chi connectivity index (χ1) is 15.6. The molecule has 176 valence electrons. The summed E-state index contributed by atoms with van der Waals surface area (Å²) >= 11 is 0. The van der Waals surface area contributed by atoms with Gasteiger partial charge in [0.1, 0.15) is 17.2 Å². The Hall–Kier alpha value is -3.53. The van der Waals surface area contributed by atoms with Crippen molar-refractivity contribution < 1.29 is 37.0 Å². The van der Waals surface area contributed by atoms with E-state index in [1.807, 2.05) is 13.8 Å². The molecule has 0 aliphatic carbocycles. The maximum atomic E-state index is 13.1. The van der Waals surface area contributed by atoms with E-state index in [9.17, 15) is 22.8 Å². The zero-order chi connectivity index (χ0) is 24.2. The largest absolute Gasteiger partial charge is 0.573 e. The van der Waals surface area contributed by atoms with Crippen LogP contribution in [0.3, 0.4) is 0 Å². The number of benzene rings is 2. The number of methoxy groups -OCH3 is 1. The normalized spacial score (nSPS) is 14.3. The molecule has 0 atom stereocenters. The number of nitrogens with one attached hydrogen (secondary N) is 1. The maximum absolute atomic E-state index is 13.1. The number of imide groups is 1. The molecular weight excluding hydrogens is 441 g/mol. The highest BCUT2D eigenvalue weighted by molar-refractivity contribution is 6.36. The molecule has 1 N–H and O–H groups in total. The van der Waals surface area contributed by atoms with Gasteiger partial charge in [0.15, 0.2) is 0 Å². The van der Waals surface area contributed by atoms with Crippen molar-refractivity contribution in [3.63, 3.8) is 0 Å². The molecule has 0 saturated heterocycles. The molecule has 2 aromatic carbocycles. The molecule has 7 nitrogen and oxygen atoms in total. The summed E-state index contributed by atoms with van der Waals surface area (Å²) < 4.78 is 52.3. The molecule has 3 rings (SSSR count). The number of halogens is 3. The van der Waals surface area contributed by atoms with Gasteiger partial charge in [0.25, 0.3) is 11.8 Å². The molecule has 1 aliphatic heterocycles. The molecule has 0 saturated carbocycles. The minimum atomic E-state index is -4.86. The van der Waals surface area contributed by atoms with E-state index in [1.165, 1.54) is 19.2 Å². The smallest absolute Gasteiger partial charge is 0.491 e. The second-order valence-corrected chi connectivity index (χ2v) is 7.40. The number of rotatable bonds is 9. The third-order valence-electron chi connectivity index (χ3n) is 4.54. The fraction of sp³-hybridized carbons (Fsp3) is 0.304. The third kappa shape index (κ3) is 6.04. The predicted molar refractivity (Wildman–Crippen MR) is 114 cm³/mol. The van der Waals surface area contributed by atoms with E-state index < -0.39 is 23.9 Å². The number of carbonyl (C=O) groups excluding carboxylic acids is 2. The van der Waals surface area contributed by atoms with Crippen LogP contribution in [0.4, 0.5) is 18.9 Å². The van der Waals surface area contributed by atoms with Crippen molar-refractivity contribution in [2.24, 2.45) is 0 Å². The lowest BCUT2D eigenvalue weighted by Gasteiger charge is -2.15. The van der Waals surface area contributed by atoms with E-state index in [2.05, 4.69) is 10.1 Å². The number of anilines is 1. The standard InChI is InChI=1S/C23H23F3N2O5/c1-14(2)32-17-9-7-15(8-10-17)19-20(22(30)28(21(19)29)11-12-31-3)27-16-5-4-6-18(13-16)33-23(24,25)26/h4-10,13-14,27H,11-12H2,1-3H3. The molecule has 33 heavy (non-hydrogen) atoms. The Morgan fingerprint density at radius 2 is 1.70 bits per heavy atom. The fourth-order valence-corrected chi connectivity index (χ4v) is 3.23. The zero-order valence-corrected chi connectivity index (χ0v) is 18.2. The van der Waals surface area contributed by atoms with Crippen molar-refractivity contribution in [2.75, 3.05) is 25.6 Å². The number of hydrogen-bond donors (Lipinski definition) is 1. The Morgan fingerprint density at radius 3 is 2.30 bits per heavy atom. The number of nitrogens with zero attached hydrogens (tertiary/aromatic N) is 1. The summed E-state index contributed by atoms with van der Waals surface area (Å²) in [5.41, 5.74) is 0.639. The number of carbonyl (C=O) groups is 2. The van der Waals surface area contributed by atoms with Crippen LogP contribution >= 0.6 is 0 Å². The highest BCUT2D eigenvalue weighted by atomic mass is 19.4. The van der Waals surface area contributed by atoms with Crippen LogP contribution in [0.5, 0.6) is 11.5 Å². The van der Waals surface area contributed by atoms with Crippen molar-refractivity contribution in [2.45, 2.75) is 26.3 Å². The lowest BCUT2D eigenvalue weighted by atomic mass is 10.0. The summed E-state index contributed by atoms with van der Waals surface area (Å²) in [6, 6.07) is 11.7. The van der Waals surface area contributed by atoms with E-state index in [-0.39, 0.29) is 36.2 Å². The summed E-state index contributed by atoms with van der Waals surface area (Å²) in [4.78, 5) is 27.1. The summed E-state index contributed by atoms with van der Waals surface area (Å²) in [5.74, 6) is -1.02. The first-order valence-electron chi connectivity index (χ1n) is 10.1. The van der Waals surface area contributed by atoms with Gasteiger partial charge in [-0.15, -0.1) is 13.2 Å². The van der Waals surface area contributed by atoms with E-state index in [0.717, 1.165) is 17.0 Å². The van der Waals surface area contributed by atoms with Crippen LogP contribution in [0.1, 0.15) is 19.4 Å². The van der Waals surface area contributed by atoms with E-state index in [0.29, 0.717) is 11.3 Å². The lowest BCUT2D eigenvalue weighted by molar-refractivity contribution is -0.274. The Morgan fingerprint density at radius 1 is 1.00 bits per heavy atom. The van der Waals surface area contributed by atoms with Crippen LogP contribution in [0.2, 0.25) is 0 Å². The highest BCUT2D eigenvalue weighted by Gasteiger charge is 2.39. The number of ether oxygens (including phenoxy) is 3. The molecule has 10 heteroatoms. The molecule has 1 heterocycles. The van der Waals surface area contributed by atoms with Crippen LogP contribution in [0, 0.1) is 0 Å². The van der Waals surface area contributed by atoms with Crippen LogP contribution in [-0.2, 0) is 14.3 Å². The van der Waals surface area contributed by atoms with Crippen molar-refractivity contribution in [3.8, 4) is 11.5 Å². The SMILES string of the molecule is COCCN1C(=O)C(Nc2cccc(OC(F)(F)F)c2)=C(c2ccc(OC(C)C)cc2)C1=O. The van der Waals surface area contributed by atoms with Gasteiger partial charge < -0.3 is 19.5 Å². The van der Waals surface area contributed by atoms with Crippen molar-refractivity contribution in [1.82, 2.24) is 4.90 Å². The average Bonchev–Trinajstić information content (AvgIpc) is 2.95. The van der Waals surface area contributed by atoms with Gasteiger partial charge in [-0.05, 0) is 43.7 Å². The van der Waals surface area contributed by atoms with Crippen LogP contribution in [0.25, 0.3) is 5.57 Å². The van der Waals surface area contributed by atoms with Crippen molar-refractivity contribution in [1.29, 1.82) is 0 Å². The molecular formula is C23H23F3N2O5. The van der Waals surface area contributed by atoms with Gasteiger partial charge in [-0.2, -0.15) is 0 Å². The Labute approximate surface area is 188 Å². The monoisotopic (exact) mass is 464 g/mol. The Bertz CT molecular complexity index is 1050. The van der Waals surface area contributed by atoms with Gasteiger partial charge in [-0.3, -0.25) is 14.5 Å². The molecule has 0 unspecified atom stereocenters. The van der Waals surface area contributed by atoms with Gasteiger partial charge >= 0.3 is 6.36 Å². The summed E-state index contributed by atoms with van der Waals surface area (Å²) in [6.07, 6.45) is -4.91. The fourth-order valence-electron chi connectivity index (χ4n) is 3.23. The molecule has 0 bridgehead atoms. The summed E-state index contributed by atoms with van der Waals surface area (Å²) in [6.45, 7) is 3.91.